The first-order valence-corrected chi connectivity index (χ1v) is 5.13. The van der Waals surface area contributed by atoms with Gasteiger partial charge in [0.2, 0.25) is 0 Å². The van der Waals surface area contributed by atoms with E-state index in [9.17, 15) is 14.3 Å². The minimum absolute atomic E-state index is 0. The van der Waals surface area contributed by atoms with Crippen LogP contribution in [-0.2, 0) is 9.30 Å². The maximum absolute atomic E-state index is 10.8. The molecule has 0 aliphatic carbocycles. The first-order chi connectivity index (χ1) is 5.38. The van der Waals surface area contributed by atoms with Crippen molar-refractivity contribution in [3.05, 3.63) is 0 Å². The van der Waals surface area contributed by atoms with Gasteiger partial charge in [-0.1, -0.05) is 0 Å². The molecule has 0 aromatic heterocycles. The number of carbonyl (C=O) groups excluding carboxylic acids is 1. The molecule has 1 aliphatic heterocycles. The van der Waals surface area contributed by atoms with E-state index in [2.05, 4.69) is 4.74 Å². The number of cyclic esters (lactones) is 1. The fourth-order valence-electron chi connectivity index (χ4n) is 1.00. The molecule has 0 saturated carbocycles. The minimum Gasteiger partial charge on any atom is -0.777 e. The summed E-state index contributed by atoms with van der Waals surface area (Å²) < 4.78 is 15.0. The van der Waals surface area contributed by atoms with E-state index in [1.165, 1.54) is 0 Å². The normalized spacial score (nSPS) is 26.2. The summed E-state index contributed by atoms with van der Waals surface area (Å²) >= 11 is 0. The lowest BCUT2D eigenvalue weighted by Gasteiger charge is -2.20. The molecule has 0 radical (unpaired) electrons. The van der Waals surface area contributed by atoms with E-state index < -0.39 is 20.0 Å². The molecule has 13 heavy (non-hydrogen) atoms. The molecule has 1 aliphatic rings. The van der Waals surface area contributed by atoms with Gasteiger partial charge in [0.1, 0.15) is 6.10 Å². The highest BCUT2D eigenvalue weighted by Gasteiger charge is 2.29. The molecule has 0 aromatic rings. The Morgan fingerprint density at radius 2 is 2.38 bits per heavy atom. The SMILES string of the molecule is C[C@@H]1CN(CP(=O)([O-])O)C(=O)O1.[NH4+]. The average Bonchev–Trinajstić information content (AvgIpc) is 2.06. The number of carbonyl (C=O) groups is 1. The predicted octanol–water partition coefficient (Wildman–Crippen LogP) is -0.294. The Morgan fingerprint density at radius 1 is 1.85 bits per heavy atom. The fourth-order valence-corrected chi connectivity index (χ4v) is 1.66. The Labute approximate surface area is 75.4 Å². The monoisotopic (exact) mass is 212 g/mol. The summed E-state index contributed by atoms with van der Waals surface area (Å²) in [5.74, 6) is 0. The summed E-state index contributed by atoms with van der Waals surface area (Å²) in [5, 5.41) is 0. The number of hydrogen-bond donors (Lipinski definition) is 2. The first-order valence-electron chi connectivity index (χ1n) is 3.37. The van der Waals surface area contributed by atoms with E-state index in [0.717, 1.165) is 4.90 Å². The first kappa shape index (κ1) is 12.4. The Kier molecular flexibility index (Phi) is 3.87. The smallest absolute Gasteiger partial charge is 0.410 e. The van der Waals surface area contributed by atoms with Crippen LogP contribution in [-0.4, -0.2) is 34.8 Å². The topological polar surface area (TPSA) is 126 Å². The molecule has 1 rings (SSSR count). The second kappa shape index (κ2) is 4.06. The van der Waals surface area contributed by atoms with Gasteiger partial charge in [-0.15, -0.1) is 0 Å². The van der Waals surface area contributed by atoms with Crippen LogP contribution in [0.2, 0.25) is 0 Å². The molecule has 0 bridgehead atoms. The number of quaternary nitrogens is 1. The maximum Gasteiger partial charge on any atom is 0.410 e. The van der Waals surface area contributed by atoms with Crippen LogP contribution in [0.25, 0.3) is 0 Å². The Hall–Kier alpha value is -0.620. The molecule has 1 amide bonds. The van der Waals surface area contributed by atoms with Crippen LogP contribution in [0.4, 0.5) is 4.79 Å². The van der Waals surface area contributed by atoms with Gasteiger partial charge in [-0.2, -0.15) is 0 Å². The number of hydrogen-bond acceptors (Lipinski definition) is 4. The molecule has 0 aromatic carbocycles. The van der Waals surface area contributed by atoms with Crippen LogP contribution >= 0.6 is 7.60 Å². The van der Waals surface area contributed by atoms with E-state index in [0.29, 0.717) is 0 Å². The lowest BCUT2D eigenvalue weighted by Crippen LogP contribution is -2.28. The van der Waals surface area contributed by atoms with Crippen LogP contribution in [0.3, 0.4) is 0 Å². The molecular weight excluding hydrogens is 199 g/mol. The summed E-state index contributed by atoms with van der Waals surface area (Å²) in [6, 6.07) is 0. The Morgan fingerprint density at radius 3 is 2.69 bits per heavy atom. The highest BCUT2D eigenvalue weighted by Crippen LogP contribution is 2.31. The van der Waals surface area contributed by atoms with E-state index in [1.807, 2.05) is 0 Å². The van der Waals surface area contributed by atoms with Crippen molar-refractivity contribution in [1.29, 1.82) is 0 Å². The summed E-state index contributed by atoms with van der Waals surface area (Å²) in [7, 11) is -4.40. The largest absolute Gasteiger partial charge is 0.777 e. The second-order valence-electron chi connectivity index (χ2n) is 2.70. The van der Waals surface area contributed by atoms with Gasteiger partial charge in [-0.05, 0) is 6.92 Å². The molecule has 8 heteroatoms. The average molecular weight is 212 g/mol. The number of nitrogens with zero attached hydrogens (tertiary/aromatic N) is 1. The van der Waals surface area contributed by atoms with Crippen LogP contribution in [0.15, 0.2) is 0 Å². The van der Waals surface area contributed by atoms with Gasteiger partial charge < -0.3 is 25.2 Å². The lowest BCUT2D eigenvalue weighted by molar-refractivity contribution is -0.195. The van der Waals surface area contributed by atoms with E-state index in [1.54, 1.807) is 6.92 Å². The maximum atomic E-state index is 10.8. The number of rotatable bonds is 2. The van der Waals surface area contributed by atoms with Crippen molar-refractivity contribution in [1.82, 2.24) is 11.1 Å². The molecule has 1 fully saturated rings. The molecule has 5 N–H and O–H groups in total. The molecular formula is C5H13N2O5P. The molecule has 7 nitrogen and oxygen atoms in total. The summed E-state index contributed by atoms with van der Waals surface area (Å²) in [4.78, 5) is 30.5. The van der Waals surface area contributed by atoms with E-state index >= 15 is 0 Å². The van der Waals surface area contributed by atoms with Crippen LogP contribution < -0.4 is 11.0 Å². The highest BCUT2D eigenvalue weighted by atomic mass is 31.2. The third-order valence-corrected chi connectivity index (χ3v) is 2.09. The van der Waals surface area contributed by atoms with Crippen LogP contribution in [0.5, 0.6) is 0 Å². The van der Waals surface area contributed by atoms with Crippen molar-refractivity contribution in [2.24, 2.45) is 0 Å². The fraction of sp³-hybridized carbons (Fsp3) is 0.800. The second-order valence-corrected chi connectivity index (χ2v) is 4.25. The zero-order valence-corrected chi connectivity index (χ0v) is 8.36. The van der Waals surface area contributed by atoms with E-state index in [4.69, 9.17) is 4.89 Å². The van der Waals surface area contributed by atoms with Gasteiger partial charge in [-0.25, -0.2) is 4.79 Å². The summed E-state index contributed by atoms with van der Waals surface area (Å²) in [5.41, 5.74) is 0. The lowest BCUT2D eigenvalue weighted by atomic mass is 10.4. The van der Waals surface area contributed by atoms with Crippen LogP contribution in [0.1, 0.15) is 6.92 Å². The van der Waals surface area contributed by atoms with Crippen molar-refractivity contribution < 1.29 is 23.9 Å². The van der Waals surface area contributed by atoms with Crippen LogP contribution in [0, 0.1) is 0 Å². The molecule has 2 atom stereocenters. The Bertz CT molecular complexity index is 239. The third-order valence-electron chi connectivity index (χ3n) is 1.39. The van der Waals surface area contributed by atoms with E-state index in [-0.39, 0.29) is 18.8 Å². The standard InChI is InChI=1S/C5H10NO5P.H3N/c1-4-2-6(5(7)11-4)3-12(8,9)10;/h4H,2-3H2,1H3,(H2,8,9,10);1H3/t4-;/m1./s1. The van der Waals surface area contributed by atoms with Gasteiger partial charge in [0.15, 0.2) is 7.60 Å². The molecule has 0 spiro atoms. The molecule has 78 valence electrons. The molecule has 1 unspecified atom stereocenters. The van der Waals surface area contributed by atoms with Crippen molar-refractivity contribution >= 4 is 13.7 Å². The van der Waals surface area contributed by atoms with Gasteiger partial charge in [0, 0.05) is 0 Å². The van der Waals surface area contributed by atoms with Crippen molar-refractivity contribution in [3.63, 3.8) is 0 Å². The van der Waals surface area contributed by atoms with Crippen molar-refractivity contribution in [2.75, 3.05) is 12.8 Å². The van der Waals surface area contributed by atoms with Gasteiger partial charge >= 0.3 is 6.09 Å². The van der Waals surface area contributed by atoms with Gasteiger partial charge in [0.25, 0.3) is 0 Å². The number of ether oxygens (including phenoxy) is 1. The molecule has 1 saturated heterocycles. The summed E-state index contributed by atoms with van der Waals surface area (Å²) in [6.45, 7) is 1.84. The van der Waals surface area contributed by atoms with Crippen molar-refractivity contribution in [3.8, 4) is 0 Å². The van der Waals surface area contributed by atoms with Gasteiger partial charge in [-0.3, -0.25) is 4.90 Å². The zero-order valence-electron chi connectivity index (χ0n) is 7.47. The molecule has 1 heterocycles. The van der Waals surface area contributed by atoms with Gasteiger partial charge in [0.05, 0.1) is 12.8 Å². The number of amides is 1. The van der Waals surface area contributed by atoms with Crippen molar-refractivity contribution in [2.45, 2.75) is 13.0 Å². The summed E-state index contributed by atoms with van der Waals surface area (Å²) in [6.07, 6.45) is -1.69. The zero-order chi connectivity index (χ0) is 9.35. The predicted molar refractivity (Wildman–Crippen MR) is 43.3 cm³/mol. The highest BCUT2D eigenvalue weighted by molar-refractivity contribution is 7.50. The quantitative estimate of drug-likeness (QED) is 0.608. The third kappa shape index (κ3) is 3.73. The Balaban J connectivity index is 0.00000144. The minimum atomic E-state index is -4.40.